The van der Waals surface area contributed by atoms with Crippen LogP contribution in [-0.2, 0) is 9.59 Å². The molecule has 4 rings (SSSR count). The topological polar surface area (TPSA) is 43.9 Å². The molecule has 5 nitrogen and oxygen atoms in total. The monoisotopic (exact) mass is 369 g/mol. The molecule has 2 amide bonds. The predicted octanol–water partition coefficient (Wildman–Crippen LogP) is 2.76. The summed E-state index contributed by atoms with van der Waals surface area (Å²) >= 11 is 0. The molecule has 0 bridgehead atoms. The zero-order chi connectivity index (χ0) is 18.6. The van der Waals surface area contributed by atoms with Gasteiger partial charge in [-0.05, 0) is 50.2 Å². The molecule has 146 valence electrons. The predicted molar refractivity (Wildman–Crippen MR) is 106 cm³/mol. The summed E-state index contributed by atoms with van der Waals surface area (Å²) in [5, 5.41) is 0. The molecule has 1 unspecified atom stereocenters. The number of nitrogens with zero attached hydrogens (tertiary/aromatic N) is 3. The van der Waals surface area contributed by atoms with Crippen molar-refractivity contribution in [1.29, 1.82) is 0 Å². The molecule has 5 heteroatoms. The maximum Gasteiger partial charge on any atom is 0.227 e. The van der Waals surface area contributed by atoms with Gasteiger partial charge in [0, 0.05) is 51.4 Å². The number of anilines is 1. The van der Waals surface area contributed by atoms with Gasteiger partial charge in [0.15, 0.2) is 0 Å². The van der Waals surface area contributed by atoms with Gasteiger partial charge in [-0.25, -0.2) is 0 Å². The number of rotatable bonds is 4. The summed E-state index contributed by atoms with van der Waals surface area (Å²) in [7, 11) is 0. The van der Waals surface area contributed by atoms with Crippen molar-refractivity contribution >= 4 is 17.5 Å². The van der Waals surface area contributed by atoms with Crippen molar-refractivity contribution in [1.82, 2.24) is 9.80 Å². The summed E-state index contributed by atoms with van der Waals surface area (Å²) in [4.78, 5) is 31.7. The van der Waals surface area contributed by atoms with E-state index in [1.54, 1.807) is 0 Å². The van der Waals surface area contributed by atoms with Crippen LogP contribution in [0.3, 0.4) is 0 Å². The van der Waals surface area contributed by atoms with Crippen molar-refractivity contribution in [2.45, 2.75) is 38.5 Å². The van der Waals surface area contributed by atoms with E-state index in [9.17, 15) is 9.59 Å². The van der Waals surface area contributed by atoms with Gasteiger partial charge in [-0.3, -0.25) is 9.59 Å². The van der Waals surface area contributed by atoms with Crippen LogP contribution in [0.15, 0.2) is 30.3 Å². The van der Waals surface area contributed by atoms with E-state index < -0.39 is 0 Å². The standard InChI is InChI=1S/C22H31N3O2/c26-21(23-11-4-5-12-23)16-18-8-13-24(14-9-18)22(27)19-10-15-25(17-19)20-6-2-1-3-7-20/h1-3,6-7,18-19H,4-5,8-17H2. The number of hydrogen-bond acceptors (Lipinski definition) is 3. The van der Waals surface area contributed by atoms with E-state index in [-0.39, 0.29) is 5.92 Å². The Morgan fingerprint density at radius 2 is 1.56 bits per heavy atom. The van der Waals surface area contributed by atoms with Gasteiger partial charge in [0.2, 0.25) is 11.8 Å². The second-order valence-corrected chi connectivity index (χ2v) is 8.33. The van der Waals surface area contributed by atoms with Crippen LogP contribution in [-0.4, -0.2) is 60.9 Å². The fraction of sp³-hybridized carbons (Fsp3) is 0.636. The Bertz CT molecular complexity index is 649. The van der Waals surface area contributed by atoms with Crippen LogP contribution in [0.1, 0.15) is 38.5 Å². The molecule has 0 radical (unpaired) electrons. The highest BCUT2D eigenvalue weighted by Crippen LogP contribution is 2.28. The summed E-state index contributed by atoms with van der Waals surface area (Å²) in [5.41, 5.74) is 1.21. The molecule has 1 atom stereocenters. The van der Waals surface area contributed by atoms with E-state index in [2.05, 4.69) is 34.1 Å². The number of hydrogen-bond donors (Lipinski definition) is 0. The minimum absolute atomic E-state index is 0.119. The lowest BCUT2D eigenvalue weighted by atomic mass is 9.92. The van der Waals surface area contributed by atoms with Gasteiger partial charge in [0.05, 0.1) is 5.92 Å². The van der Waals surface area contributed by atoms with Gasteiger partial charge in [0.1, 0.15) is 0 Å². The highest BCUT2D eigenvalue weighted by molar-refractivity contribution is 5.80. The Morgan fingerprint density at radius 3 is 2.26 bits per heavy atom. The van der Waals surface area contributed by atoms with E-state index >= 15 is 0 Å². The quantitative estimate of drug-likeness (QED) is 0.820. The van der Waals surface area contributed by atoms with Gasteiger partial charge < -0.3 is 14.7 Å². The van der Waals surface area contributed by atoms with Crippen LogP contribution in [0.5, 0.6) is 0 Å². The molecule has 3 aliphatic heterocycles. The smallest absolute Gasteiger partial charge is 0.227 e. The third-order valence-corrected chi connectivity index (χ3v) is 6.51. The number of carbonyl (C=O) groups excluding carboxylic acids is 2. The van der Waals surface area contributed by atoms with E-state index in [0.717, 1.165) is 71.4 Å². The maximum absolute atomic E-state index is 12.9. The molecular formula is C22H31N3O2. The van der Waals surface area contributed by atoms with Crippen LogP contribution >= 0.6 is 0 Å². The van der Waals surface area contributed by atoms with Crippen molar-refractivity contribution < 1.29 is 9.59 Å². The average Bonchev–Trinajstić information content (AvgIpc) is 3.41. The van der Waals surface area contributed by atoms with E-state index in [1.807, 2.05) is 11.0 Å². The van der Waals surface area contributed by atoms with Gasteiger partial charge >= 0.3 is 0 Å². The molecule has 1 aromatic rings. The lowest BCUT2D eigenvalue weighted by molar-refractivity contribution is -0.136. The third kappa shape index (κ3) is 4.28. The fourth-order valence-corrected chi connectivity index (χ4v) is 4.79. The van der Waals surface area contributed by atoms with Crippen LogP contribution < -0.4 is 4.90 Å². The van der Waals surface area contributed by atoms with Gasteiger partial charge in [-0.2, -0.15) is 0 Å². The molecule has 0 aliphatic carbocycles. The number of likely N-dealkylation sites (tertiary alicyclic amines) is 2. The molecule has 3 saturated heterocycles. The molecule has 0 aromatic heterocycles. The van der Waals surface area contributed by atoms with Crippen molar-refractivity contribution in [2.75, 3.05) is 44.2 Å². The van der Waals surface area contributed by atoms with Crippen LogP contribution in [0.25, 0.3) is 0 Å². The molecule has 3 aliphatic rings. The molecule has 27 heavy (non-hydrogen) atoms. The molecule has 1 aromatic carbocycles. The Balaban J connectivity index is 1.23. The molecule has 3 heterocycles. The molecule has 0 saturated carbocycles. The summed E-state index contributed by atoms with van der Waals surface area (Å²) < 4.78 is 0. The second kappa shape index (κ2) is 8.32. The van der Waals surface area contributed by atoms with E-state index in [0.29, 0.717) is 24.2 Å². The Labute approximate surface area is 162 Å². The second-order valence-electron chi connectivity index (χ2n) is 8.33. The summed E-state index contributed by atoms with van der Waals surface area (Å²) in [6.45, 7) is 5.31. The lowest BCUT2D eigenvalue weighted by Crippen LogP contribution is -2.43. The van der Waals surface area contributed by atoms with Gasteiger partial charge in [0.25, 0.3) is 0 Å². The number of carbonyl (C=O) groups is 2. The zero-order valence-electron chi connectivity index (χ0n) is 16.2. The lowest BCUT2D eigenvalue weighted by Gasteiger charge is -2.34. The van der Waals surface area contributed by atoms with Gasteiger partial charge in [-0.15, -0.1) is 0 Å². The fourth-order valence-electron chi connectivity index (χ4n) is 4.79. The first-order valence-electron chi connectivity index (χ1n) is 10.6. The minimum atomic E-state index is 0.119. The highest BCUT2D eigenvalue weighted by Gasteiger charge is 2.34. The Hall–Kier alpha value is -2.04. The number of amides is 2. The average molecular weight is 370 g/mol. The van der Waals surface area contributed by atoms with Crippen LogP contribution in [0.2, 0.25) is 0 Å². The molecule has 0 spiro atoms. The van der Waals surface area contributed by atoms with Crippen molar-refractivity contribution in [2.24, 2.45) is 11.8 Å². The first-order valence-corrected chi connectivity index (χ1v) is 10.6. The normalized spacial score (nSPS) is 23.9. The SMILES string of the molecule is O=C(CC1CCN(C(=O)C2CCN(c3ccccc3)C2)CC1)N1CCCC1. The summed E-state index contributed by atoms with van der Waals surface area (Å²) in [6.07, 6.45) is 5.87. The van der Waals surface area contributed by atoms with E-state index in [1.165, 1.54) is 5.69 Å². The molecule has 3 fully saturated rings. The summed E-state index contributed by atoms with van der Waals surface area (Å²) in [5.74, 6) is 1.21. The first kappa shape index (κ1) is 18.3. The largest absolute Gasteiger partial charge is 0.371 e. The first-order chi connectivity index (χ1) is 13.2. The van der Waals surface area contributed by atoms with Crippen LogP contribution in [0.4, 0.5) is 5.69 Å². The number of benzene rings is 1. The van der Waals surface area contributed by atoms with Crippen molar-refractivity contribution in [3.05, 3.63) is 30.3 Å². The summed E-state index contributed by atoms with van der Waals surface area (Å²) in [6, 6.07) is 10.4. The zero-order valence-corrected chi connectivity index (χ0v) is 16.2. The Kier molecular flexibility index (Phi) is 5.65. The third-order valence-electron chi connectivity index (χ3n) is 6.51. The number of para-hydroxylation sites is 1. The minimum Gasteiger partial charge on any atom is -0.371 e. The van der Waals surface area contributed by atoms with Crippen LogP contribution in [0, 0.1) is 11.8 Å². The van der Waals surface area contributed by atoms with Crippen molar-refractivity contribution in [3.8, 4) is 0 Å². The molecular weight excluding hydrogens is 338 g/mol. The number of piperidine rings is 1. The highest BCUT2D eigenvalue weighted by atomic mass is 16.2. The Morgan fingerprint density at radius 1 is 0.852 bits per heavy atom. The van der Waals surface area contributed by atoms with Crippen molar-refractivity contribution in [3.63, 3.8) is 0 Å². The molecule has 0 N–H and O–H groups in total. The van der Waals surface area contributed by atoms with E-state index in [4.69, 9.17) is 0 Å². The maximum atomic E-state index is 12.9. The van der Waals surface area contributed by atoms with Gasteiger partial charge in [-0.1, -0.05) is 18.2 Å².